The van der Waals surface area contributed by atoms with Crippen LogP contribution in [0.1, 0.15) is 43.7 Å². The number of ether oxygens (including phenoxy) is 2. The molecule has 1 aromatic heterocycles. The zero-order chi connectivity index (χ0) is 36.0. The summed E-state index contributed by atoms with van der Waals surface area (Å²) in [5.74, 6) is -0.540. The first-order chi connectivity index (χ1) is 23.9. The van der Waals surface area contributed by atoms with Gasteiger partial charge in [0.2, 0.25) is 0 Å². The van der Waals surface area contributed by atoms with E-state index in [-0.39, 0.29) is 35.5 Å². The third-order valence-electron chi connectivity index (χ3n) is 8.10. The van der Waals surface area contributed by atoms with E-state index in [4.69, 9.17) is 9.47 Å². The van der Waals surface area contributed by atoms with Crippen LogP contribution >= 0.6 is 0 Å². The van der Waals surface area contributed by atoms with Gasteiger partial charge >= 0.3 is 12.1 Å². The van der Waals surface area contributed by atoms with Crippen LogP contribution in [0.4, 0.5) is 13.2 Å². The molecule has 1 heterocycles. The van der Waals surface area contributed by atoms with Crippen molar-refractivity contribution in [2.24, 2.45) is 0 Å². The second kappa shape index (κ2) is 15.0. The normalized spacial score (nSPS) is 11.7. The maximum Gasteiger partial charge on any atom is 0.417 e. The predicted octanol–water partition coefficient (Wildman–Crippen LogP) is 7.38. The number of methoxy groups -OCH3 is 1. The number of carbonyl (C=O) groups excluding carboxylic acids is 2. The fraction of sp³-hybridized carbons (Fsp3) is 0.179. The number of hydrogen-bond acceptors (Lipinski definition) is 6. The predicted molar refractivity (Wildman–Crippen MR) is 181 cm³/mol. The van der Waals surface area contributed by atoms with Gasteiger partial charge < -0.3 is 19.4 Å². The Balaban J connectivity index is 1.41. The molecule has 0 aliphatic rings. The molecular weight excluding hydrogens is 647 g/mol. The van der Waals surface area contributed by atoms with Crippen LogP contribution in [0, 0.1) is 25.2 Å². The summed E-state index contributed by atoms with van der Waals surface area (Å²) in [5.41, 5.74) is 0.512. The number of alkyl halides is 3. The molecule has 0 radical (unpaired) electrons. The van der Waals surface area contributed by atoms with Crippen LogP contribution in [0.5, 0.6) is 11.5 Å². The Bertz CT molecular complexity index is 2140. The van der Waals surface area contributed by atoms with Gasteiger partial charge in [-0.2, -0.15) is 18.4 Å². The molecule has 0 aliphatic heterocycles. The molecule has 5 rings (SSSR count). The van der Waals surface area contributed by atoms with Crippen LogP contribution in [0.25, 0.3) is 11.3 Å². The average Bonchev–Trinajstić information content (AvgIpc) is 3.09. The van der Waals surface area contributed by atoms with Crippen molar-refractivity contribution in [3.05, 3.63) is 152 Å². The quantitative estimate of drug-likeness (QED) is 0.154. The Morgan fingerprint density at radius 3 is 2.26 bits per heavy atom. The van der Waals surface area contributed by atoms with Gasteiger partial charge in [-0.05, 0) is 84.6 Å². The minimum Gasteiger partial charge on any atom is -0.467 e. The number of nitrogens with one attached hydrogen (secondary N) is 1. The summed E-state index contributed by atoms with van der Waals surface area (Å²) in [6.07, 6.45) is -4.71. The fourth-order valence-electron chi connectivity index (χ4n) is 5.53. The number of nitrogens with zero attached hydrogens (tertiary/aromatic N) is 2. The van der Waals surface area contributed by atoms with Gasteiger partial charge in [0.05, 0.1) is 24.9 Å². The lowest BCUT2D eigenvalue weighted by atomic mass is 10.0. The Morgan fingerprint density at radius 2 is 1.62 bits per heavy atom. The molecule has 254 valence electrons. The smallest absolute Gasteiger partial charge is 0.417 e. The largest absolute Gasteiger partial charge is 0.467 e. The number of hydrogen-bond donors (Lipinski definition) is 1. The monoisotopic (exact) mass is 679 g/mol. The van der Waals surface area contributed by atoms with Gasteiger partial charge in [-0.1, -0.05) is 60.2 Å². The van der Waals surface area contributed by atoms with E-state index < -0.39 is 40.8 Å². The lowest BCUT2D eigenvalue weighted by molar-refractivity contribution is -0.143. The summed E-state index contributed by atoms with van der Waals surface area (Å²) in [4.78, 5) is 39.0. The summed E-state index contributed by atoms with van der Waals surface area (Å²) in [7, 11) is 1.24. The van der Waals surface area contributed by atoms with E-state index >= 15 is 0 Å². The molecule has 0 saturated heterocycles. The van der Waals surface area contributed by atoms with Gasteiger partial charge in [0.25, 0.3) is 11.5 Å². The van der Waals surface area contributed by atoms with E-state index in [0.29, 0.717) is 11.3 Å². The standard InChI is InChI=1S/C39H32F3N3O5/c1-24-12-13-29(25(2)18-24)23-45-35(21-33(39(40,41)42)32(22-43)37(45)47)27-14-16-30(17-15-27)50-31-11-7-10-28(20-31)36(46)44-34(38(48)49-3)19-26-8-5-4-6-9-26/h4-18,20-21,34H,19,23H2,1-3H3,(H,44,46)/t34-/m0/s1. The van der Waals surface area contributed by atoms with E-state index in [1.807, 2.05) is 56.3 Å². The minimum atomic E-state index is -4.93. The zero-order valence-electron chi connectivity index (χ0n) is 27.4. The van der Waals surface area contributed by atoms with Crippen molar-refractivity contribution in [1.29, 1.82) is 5.26 Å². The van der Waals surface area contributed by atoms with Gasteiger partial charge in [0.1, 0.15) is 29.2 Å². The van der Waals surface area contributed by atoms with Crippen molar-refractivity contribution in [2.75, 3.05) is 7.11 Å². The minimum absolute atomic E-state index is 0.0258. The molecule has 1 atom stereocenters. The first-order valence-electron chi connectivity index (χ1n) is 15.5. The molecular formula is C39H32F3N3O5. The zero-order valence-corrected chi connectivity index (χ0v) is 27.4. The number of benzene rings is 4. The van der Waals surface area contributed by atoms with Crippen LogP contribution in [0.15, 0.2) is 108 Å². The molecule has 50 heavy (non-hydrogen) atoms. The Hall–Kier alpha value is -6.15. The van der Waals surface area contributed by atoms with Gasteiger partial charge in [-0.15, -0.1) is 0 Å². The van der Waals surface area contributed by atoms with E-state index in [9.17, 15) is 32.8 Å². The van der Waals surface area contributed by atoms with Crippen LogP contribution in [-0.2, 0) is 28.7 Å². The first-order valence-corrected chi connectivity index (χ1v) is 15.5. The van der Waals surface area contributed by atoms with Crippen molar-refractivity contribution in [2.45, 2.75) is 39.0 Å². The second-order valence-electron chi connectivity index (χ2n) is 11.6. The number of rotatable bonds is 10. The van der Waals surface area contributed by atoms with Crippen LogP contribution in [0.3, 0.4) is 0 Å². The van der Waals surface area contributed by atoms with Crippen molar-refractivity contribution >= 4 is 11.9 Å². The molecule has 11 heteroatoms. The summed E-state index contributed by atoms with van der Waals surface area (Å²) in [6, 6.07) is 28.4. The summed E-state index contributed by atoms with van der Waals surface area (Å²) in [5, 5.41) is 12.3. The summed E-state index contributed by atoms with van der Waals surface area (Å²) >= 11 is 0. The van der Waals surface area contributed by atoms with Crippen LogP contribution in [-0.4, -0.2) is 29.6 Å². The van der Waals surface area contributed by atoms with E-state index in [1.54, 1.807) is 24.3 Å². The first kappa shape index (κ1) is 35.2. The van der Waals surface area contributed by atoms with Crippen molar-refractivity contribution in [1.82, 2.24) is 9.88 Å². The molecule has 1 amide bonds. The number of halogens is 3. The Kier molecular flexibility index (Phi) is 10.5. The van der Waals surface area contributed by atoms with Gasteiger partial charge in [0, 0.05) is 12.0 Å². The summed E-state index contributed by atoms with van der Waals surface area (Å²) in [6.45, 7) is 3.69. The molecule has 8 nitrogen and oxygen atoms in total. The van der Waals surface area contributed by atoms with Crippen molar-refractivity contribution in [3.8, 4) is 28.8 Å². The highest BCUT2D eigenvalue weighted by Crippen LogP contribution is 2.34. The Morgan fingerprint density at radius 1 is 0.900 bits per heavy atom. The van der Waals surface area contributed by atoms with E-state index in [2.05, 4.69) is 5.32 Å². The number of aryl methyl sites for hydroxylation is 2. The number of amides is 1. The number of esters is 1. The third-order valence-corrected chi connectivity index (χ3v) is 8.10. The molecule has 1 N–H and O–H groups in total. The highest BCUT2D eigenvalue weighted by Gasteiger charge is 2.36. The summed E-state index contributed by atoms with van der Waals surface area (Å²) < 4.78 is 54.1. The molecule has 0 fully saturated rings. The van der Waals surface area contributed by atoms with Gasteiger partial charge in [0.15, 0.2) is 0 Å². The number of aromatic nitrogens is 1. The van der Waals surface area contributed by atoms with Crippen LogP contribution in [0.2, 0.25) is 0 Å². The Labute approximate surface area is 286 Å². The number of nitriles is 1. The van der Waals surface area contributed by atoms with Crippen LogP contribution < -0.4 is 15.6 Å². The third kappa shape index (κ3) is 8.10. The lowest BCUT2D eigenvalue weighted by Gasteiger charge is -2.19. The SMILES string of the molecule is COC(=O)[C@H](Cc1ccccc1)NC(=O)c1cccc(Oc2ccc(-c3cc(C(F)(F)F)c(C#N)c(=O)n3Cc3ccc(C)cc3C)cc2)c1. The highest BCUT2D eigenvalue weighted by molar-refractivity contribution is 5.97. The molecule has 0 spiro atoms. The highest BCUT2D eigenvalue weighted by atomic mass is 19.4. The number of pyridine rings is 1. The molecule has 0 aliphatic carbocycles. The lowest BCUT2D eigenvalue weighted by Crippen LogP contribution is -2.43. The maximum atomic E-state index is 14.0. The number of carbonyl (C=O) groups is 2. The van der Waals surface area contributed by atoms with Gasteiger partial charge in [-0.3, -0.25) is 9.59 Å². The molecule has 0 unspecified atom stereocenters. The van der Waals surface area contributed by atoms with E-state index in [1.165, 1.54) is 48.1 Å². The van der Waals surface area contributed by atoms with Crippen molar-refractivity contribution < 1.29 is 32.2 Å². The fourth-order valence-corrected chi connectivity index (χ4v) is 5.53. The second-order valence-corrected chi connectivity index (χ2v) is 11.6. The molecule has 0 bridgehead atoms. The van der Waals surface area contributed by atoms with Crippen molar-refractivity contribution in [3.63, 3.8) is 0 Å². The van der Waals surface area contributed by atoms with E-state index in [0.717, 1.165) is 22.8 Å². The van der Waals surface area contributed by atoms with Gasteiger partial charge in [-0.25, -0.2) is 4.79 Å². The average molecular weight is 680 g/mol. The maximum absolute atomic E-state index is 14.0. The molecule has 0 saturated carbocycles. The topological polar surface area (TPSA) is 110 Å². The molecule has 4 aromatic carbocycles. The molecule has 5 aromatic rings.